The molecule has 0 saturated carbocycles. The molecule has 3 nitrogen and oxygen atoms in total. The predicted octanol–water partition coefficient (Wildman–Crippen LogP) is 5.84. The van der Waals surface area contributed by atoms with Crippen molar-refractivity contribution in [2.24, 2.45) is 0 Å². The molecule has 3 rings (SSSR count). The fourth-order valence-corrected chi connectivity index (χ4v) is 3.65. The smallest absolute Gasteiger partial charge is 0.251 e. The standard InChI is InChI=1S/C26H30N2O/c1-3-9-23-18-24(15-16-25(23)22-13-5-4-6-14-22)26(29)28-20(2)10-7-11-21-12-8-17-27-19-21/h4-6,8,12-20H,3,7,9-11H2,1-2H3,(H,28,29)/t20-/m1/s1. The number of hydrogen-bond acceptors (Lipinski definition) is 2. The van der Waals surface area contributed by atoms with Gasteiger partial charge in [0.25, 0.3) is 5.91 Å². The molecule has 0 aliphatic heterocycles. The van der Waals surface area contributed by atoms with Crippen LogP contribution in [0.3, 0.4) is 0 Å². The number of aromatic nitrogens is 1. The number of aryl methyl sites for hydroxylation is 2. The van der Waals surface area contributed by atoms with E-state index in [9.17, 15) is 4.79 Å². The van der Waals surface area contributed by atoms with Gasteiger partial charge in [-0.25, -0.2) is 0 Å². The van der Waals surface area contributed by atoms with Crippen molar-refractivity contribution in [2.45, 2.75) is 52.0 Å². The SMILES string of the molecule is CCCc1cc(C(=O)N[C@H](C)CCCc2cccnc2)ccc1-c1ccccc1. The van der Waals surface area contributed by atoms with Gasteiger partial charge in [-0.3, -0.25) is 9.78 Å². The van der Waals surface area contributed by atoms with Crippen molar-refractivity contribution in [2.75, 3.05) is 0 Å². The molecule has 0 fully saturated rings. The lowest BCUT2D eigenvalue weighted by Gasteiger charge is -2.16. The Hall–Kier alpha value is -2.94. The van der Waals surface area contributed by atoms with Crippen LogP contribution >= 0.6 is 0 Å². The first-order valence-electron chi connectivity index (χ1n) is 10.6. The first-order chi connectivity index (χ1) is 14.2. The van der Waals surface area contributed by atoms with Crippen molar-refractivity contribution in [1.29, 1.82) is 0 Å². The third-order valence-electron chi connectivity index (χ3n) is 5.17. The highest BCUT2D eigenvalue weighted by Gasteiger charge is 2.13. The molecule has 1 aromatic heterocycles. The molecule has 0 unspecified atom stereocenters. The van der Waals surface area contributed by atoms with E-state index in [4.69, 9.17) is 0 Å². The molecule has 29 heavy (non-hydrogen) atoms. The van der Waals surface area contributed by atoms with Gasteiger partial charge in [0, 0.05) is 24.0 Å². The molecular weight excluding hydrogens is 356 g/mol. The Morgan fingerprint density at radius 1 is 1.03 bits per heavy atom. The minimum absolute atomic E-state index is 0.0100. The molecule has 0 aliphatic rings. The molecule has 0 bridgehead atoms. The highest BCUT2D eigenvalue weighted by molar-refractivity contribution is 5.95. The van der Waals surface area contributed by atoms with Crippen LogP contribution in [-0.2, 0) is 12.8 Å². The number of hydrogen-bond donors (Lipinski definition) is 1. The number of benzene rings is 2. The Morgan fingerprint density at radius 2 is 1.86 bits per heavy atom. The normalized spacial score (nSPS) is 11.8. The molecule has 0 spiro atoms. The Kier molecular flexibility index (Phi) is 7.57. The number of nitrogens with one attached hydrogen (secondary N) is 1. The van der Waals surface area contributed by atoms with Crippen LogP contribution in [0.1, 0.15) is 54.6 Å². The van der Waals surface area contributed by atoms with Crippen LogP contribution < -0.4 is 5.32 Å². The average Bonchev–Trinajstić information content (AvgIpc) is 2.75. The van der Waals surface area contributed by atoms with Crippen LogP contribution in [0.25, 0.3) is 11.1 Å². The van der Waals surface area contributed by atoms with Crippen LogP contribution in [0.15, 0.2) is 73.1 Å². The number of rotatable bonds is 9. The molecule has 0 aliphatic carbocycles. The van der Waals surface area contributed by atoms with Gasteiger partial charge < -0.3 is 5.32 Å². The average molecular weight is 387 g/mol. The van der Waals surface area contributed by atoms with E-state index in [0.717, 1.165) is 37.7 Å². The first kappa shape index (κ1) is 20.8. The van der Waals surface area contributed by atoms with Gasteiger partial charge in [0.05, 0.1) is 0 Å². The van der Waals surface area contributed by atoms with Gasteiger partial charge in [-0.05, 0) is 73.1 Å². The lowest BCUT2D eigenvalue weighted by atomic mass is 9.94. The topological polar surface area (TPSA) is 42.0 Å². The van der Waals surface area contributed by atoms with Crippen molar-refractivity contribution >= 4 is 5.91 Å². The summed E-state index contributed by atoms with van der Waals surface area (Å²) in [6.07, 6.45) is 8.68. The molecule has 1 atom stereocenters. The molecular formula is C26H30N2O. The van der Waals surface area contributed by atoms with Crippen LogP contribution in [0.5, 0.6) is 0 Å². The molecule has 1 amide bonds. The van der Waals surface area contributed by atoms with E-state index in [1.807, 2.05) is 24.4 Å². The van der Waals surface area contributed by atoms with Gasteiger partial charge in [0.1, 0.15) is 0 Å². The molecule has 150 valence electrons. The number of carbonyl (C=O) groups excluding carboxylic acids is 1. The molecule has 1 heterocycles. The zero-order valence-electron chi connectivity index (χ0n) is 17.4. The second kappa shape index (κ2) is 10.6. The summed E-state index contributed by atoms with van der Waals surface area (Å²) < 4.78 is 0. The van der Waals surface area contributed by atoms with E-state index >= 15 is 0 Å². The van der Waals surface area contributed by atoms with Crippen LogP contribution in [0.2, 0.25) is 0 Å². The van der Waals surface area contributed by atoms with E-state index in [-0.39, 0.29) is 11.9 Å². The lowest BCUT2D eigenvalue weighted by molar-refractivity contribution is 0.0938. The van der Waals surface area contributed by atoms with E-state index < -0.39 is 0 Å². The summed E-state index contributed by atoms with van der Waals surface area (Å²) in [7, 11) is 0. The summed E-state index contributed by atoms with van der Waals surface area (Å²) in [6.45, 7) is 4.25. The Bertz CT molecular complexity index is 907. The summed E-state index contributed by atoms with van der Waals surface area (Å²) >= 11 is 0. The van der Waals surface area contributed by atoms with Crippen molar-refractivity contribution in [1.82, 2.24) is 10.3 Å². The molecule has 0 radical (unpaired) electrons. The summed E-state index contributed by atoms with van der Waals surface area (Å²) in [5.41, 5.74) is 5.63. The molecule has 3 heteroatoms. The Balaban J connectivity index is 1.61. The van der Waals surface area contributed by atoms with Crippen LogP contribution in [-0.4, -0.2) is 16.9 Å². The molecule has 3 aromatic rings. The summed E-state index contributed by atoms with van der Waals surface area (Å²) in [5, 5.41) is 3.16. The second-order valence-corrected chi connectivity index (χ2v) is 7.62. The van der Waals surface area contributed by atoms with Crippen molar-refractivity contribution in [3.63, 3.8) is 0 Å². The Morgan fingerprint density at radius 3 is 2.59 bits per heavy atom. The summed E-state index contributed by atoms with van der Waals surface area (Å²) in [6, 6.07) is 20.7. The Labute approximate surface area is 174 Å². The maximum absolute atomic E-state index is 12.8. The van der Waals surface area contributed by atoms with Crippen molar-refractivity contribution in [3.8, 4) is 11.1 Å². The fraction of sp³-hybridized carbons (Fsp3) is 0.308. The van der Waals surface area contributed by atoms with E-state index in [2.05, 4.69) is 66.6 Å². The van der Waals surface area contributed by atoms with Gasteiger partial charge in [0.2, 0.25) is 0 Å². The third kappa shape index (κ3) is 6.02. The van der Waals surface area contributed by atoms with Crippen LogP contribution in [0.4, 0.5) is 0 Å². The number of amides is 1. The minimum atomic E-state index is 0.0100. The number of pyridine rings is 1. The molecule has 1 N–H and O–H groups in total. The van der Waals surface area contributed by atoms with Gasteiger partial charge in [0.15, 0.2) is 0 Å². The van der Waals surface area contributed by atoms with Crippen molar-refractivity contribution < 1.29 is 4.79 Å². The maximum atomic E-state index is 12.8. The molecule has 0 saturated heterocycles. The van der Waals surface area contributed by atoms with Crippen molar-refractivity contribution in [3.05, 3.63) is 89.7 Å². The van der Waals surface area contributed by atoms with E-state index in [1.165, 1.54) is 22.3 Å². The molecule has 2 aromatic carbocycles. The van der Waals surface area contributed by atoms with Crippen LogP contribution in [0, 0.1) is 0 Å². The monoisotopic (exact) mass is 386 g/mol. The lowest BCUT2D eigenvalue weighted by Crippen LogP contribution is -2.32. The van der Waals surface area contributed by atoms with E-state index in [1.54, 1.807) is 6.20 Å². The van der Waals surface area contributed by atoms with Gasteiger partial charge >= 0.3 is 0 Å². The number of carbonyl (C=O) groups is 1. The first-order valence-corrected chi connectivity index (χ1v) is 10.6. The predicted molar refractivity (Wildman–Crippen MR) is 120 cm³/mol. The van der Waals surface area contributed by atoms with Gasteiger partial charge in [-0.15, -0.1) is 0 Å². The maximum Gasteiger partial charge on any atom is 0.251 e. The summed E-state index contributed by atoms with van der Waals surface area (Å²) in [4.78, 5) is 16.9. The zero-order chi connectivity index (χ0) is 20.5. The largest absolute Gasteiger partial charge is 0.350 e. The number of nitrogens with zero attached hydrogens (tertiary/aromatic N) is 1. The third-order valence-corrected chi connectivity index (χ3v) is 5.17. The van der Waals surface area contributed by atoms with Gasteiger partial charge in [-0.1, -0.05) is 55.8 Å². The van der Waals surface area contributed by atoms with E-state index in [0.29, 0.717) is 0 Å². The zero-order valence-corrected chi connectivity index (χ0v) is 17.4. The highest BCUT2D eigenvalue weighted by Crippen LogP contribution is 2.26. The minimum Gasteiger partial charge on any atom is -0.350 e. The summed E-state index contributed by atoms with van der Waals surface area (Å²) in [5.74, 6) is 0.0100. The fourth-order valence-electron chi connectivity index (χ4n) is 3.65. The quantitative estimate of drug-likeness (QED) is 0.502. The highest BCUT2D eigenvalue weighted by atomic mass is 16.1. The second-order valence-electron chi connectivity index (χ2n) is 7.62. The van der Waals surface area contributed by atoms with Gasteiger partial charge in [-0.2, -0.15) is 0 Å².